The van der Waals surface area contributed by atoms with Gasteiger partial charge in [-0.3, -0.25) is 14.7 Å². The molecule has 2 aromatic heterocycles. The van der Waals surface area contributed by atoms with Gasteiger partial charge < -0.3 is 9.64 Å². The van der Waals surface area contributed by atoms with Crippen molar-refractivity contribution < 1.29 is 9.53 Å². The van der Waals surface area contributed by atoms with Crippen LogP contribution in [0.15, 0.2) is 66.2 Å². The molecular formula is C28H35N3O2S. The maximum Gasteiger partial charge on any atom is 0.264 e. The second-order valence-corrected chi connectivity index (χ2v) is 10.0. The van der Waals surface area contributed by atoms with Gasteiger partial charge in [-0.1, -0.05) is 36.4 Å². The number of piperidine rings is 1. The van der Waals surface area contributed by atoms with Crippen molar-refractivity contribution in [2.75, 3.05) is 33.4 Å². The van der Waals surface area contributed by atoms with E-state index in [2.05, 4.69) is 52.3 Å². The van der Waals surface area contributed by atoms with Crippen LogP contribution in [0.4, 0.5) is 0 Å². The average molecular weight is 478 g/mol. The number of amides is 1. The van der Waals surface area contributed by atoms with Crippen LogP contribution in [0.3, 0.4) is 0 Å². The minimum Gasteiger partial charge on any atom is -0.383 e. The first kappa shape index (κ1) is 24.6. The van der Waals surface area contributed by atoms with Crippen LogP contribution in [-0.4, -0.2) is 60.1 Å². The van der Waals surface area contributed by atoms with Gasteiger partial charge in [-0.05, 0) is 66.8 Å². The number of carbonyl (C=O) groups is 1. The lowest BCUT2D eigenvalue weighted by Gasteiger charge is -2.41. The van der Waals surface area contributed by atoms with Crippen molar-refractivity contribution in [2.45, 2.75) is 38.8 Å². The van der Waals surface area contributed by atoms with E-state index in [1.807, 2.05) is 35.5 Å². The lowest BCUT2D eigenvalue weighted by Crippen LogP contribution is -2.48. The number of hydrogen-bond acceptors (Lipinski definition) is 5. The van der Waals surface area contributed by atoms with Gasteiger partial charge in [-0.15, -0.1) is 11.3 Å². The summed E-state index contributed by atoms with van der Waals surface area (Å²) in [5.41, 5.74) is 3.52. The average Bonchev–Trinajstić information content (AvgIpc) is 3.32. The van der Waals surface area contributed by atoms with Gasteiger partial charge in [0.25, 0.3) is 5.91 Å². The third kappa shape index (κ3) is 6.32. The molecule has 3 heterocycles. The first-order valence-corrected chi connectivity index (χ1v) is 13.0. The monoisotopic (exact) mass is 477 g/mol. The minimum atomic E-state index is 0.190. The number of ether oxygens (including phenoxy) is 1. The van der Waals surface area contributed by atoms with Crippen molar-refractivity contribution in [1.82, 2.24) is 14.8 Å². The van der Waals surface area contributed by atoms with E-state index in [0.29, 0.717) is 18.6 Å². The van der Waals surface area contributed by atoms with E-state index in [1.54, 1.807) is 18.4 Å². The Morgan fingerprint density at radius 1 is 1.15 bits per heavy atom. The summed E-state index contributed by atoms with van der Waals surface area (Å²) in [7, 11) is 1.77. The molecule has 4 rings (SSSR count). The van der Waals surface area contributed by atoms with Crippen molar-refractivity contribution in [3.63, 3.8) is 0 Å². The molecule has 5 nitrogen and oxygen atoms in total. The van der Waals surface area contributed by atoms with Crippen LogP contribution in [0, 0.1) is 12.8 Å². The predicted octanol–water partition coefficient (Wildman–Crippen LogP) is 5.06. The maximum absolute atomic E-state index is 13.1. The standard InChI is InChI=1S/C28H35N3O2S/c1-22-13-19-34-27(22)28(32)30-15-11-24(12-16-30)26(20-23-8-4-3-5-9-23)31(17-18-33-2)21-25-10-6-7-14-29-25/h3-10,13-14,19,24,26H,11-12,15-18,20-21H2,1-2H3/t26-/m1/s1. The minimum absolute atomic E-state index is 0.190. The Bertz CT molecular complexity index is 1020. The molecule has 3 aromatic rings. The lowest BCUT2D eigenvalue weighted by molar-refractivity contribution is 0.0484. The Morgan fingerprint density at radius 3 is 2.56 bits per heavy atom. The Morgan fingerprint density at radius 2 is 1.91 bits per heavy atom. The molecule has 0 unspecified atom stereocenters. The van der Waals surface area contributed by atoms with Crippen LogP contribution in [-0.2, 0) is 17.7 Å². The first-order valence-electron chi connectivity index (χ1n) is 12.2. The van der Waals surface area contributed by atoms with Gasteiger partial charge in [0.05, 0.1) is 17.2 Å². The molecule has 0 bridgehead atoms. The fraction of sp³-hybridized carbons (Fsp3) is 0.429. The van der Waals surface area contributed by atoms with Gasteiger partial charge in [0.2, 0.25) is 0 Å². The number of benzene rings is 1. The van der Waals surface area contributed by atoms with Crippen LogP contribution in [0.25, 0.3) is 0 Å². The van der Waals surface area contributed by atoms with Crippen LogP contribution in [0.1, 0.15) is 39.3 Å². The molecule has 1 fully saturated rings. The number of rotatable bonds is 10. The largest absolute Gasteiger partial charge is 0.383 e. The highest BCUT2D eigenvalue weighted by atomic mass is 32.1. The zero-order valence-electron chi connectivity index (χ0n) is 20.2. The summed E-state index contributed by atoms with van der Waals surface area (Å²) >= 11 is 1.56. The van der Waals surface area contributed by atoms with Gasteiger partial charge in [0.15, 0.2) is 0 Å². The van der Waals surface area contributed by atoms with Crippen LogP contribution < -0.4 is 0 Å². The number of pyridine rings is 1. The highest BCUT2D eigenvalue weighted by Gasteiger charge is 2.33. The van der Waals surface area contributed by atoms with Crippen molar-refractivity contribution in [2.24, 2.45) is 5.92 Å². The molecule has 0 N–H and O–H groups in total. The summed E-state index contributed by atoms with van der Waals surface area (Å²) in [5.74, 6) is 0.699. The lowest BCUT2D eigenvalue weighted by atomic mass is 9.84. The molecule has 1 aliphatic rings. The Hall–Kier alpha value is -2.54. The van der Waals surface area contributed by atoms with E-state index in [1.165, 1.54) is 5.56 Å². The molecule has 180 valence electrons. The number of nitrogens with zero attached hydrogens (tertiary/aromatic N) is 3. The highest BCUT2D eigenvalue weighted by Crippen LogP contribution is 2.29. The second-order valence-electron chi connectivity index (χ2n) is 9.10. The zero-order chi connectivity index (χ0) is 23.8. The zero-order valence-corrected chi connectivity index (χ0v) is 21.0. The molecule has 6 heteroatoms. The number of thiophene rings is 1. The normalized spacial score (nSPS) is 15.6. The Balaban J connectivity index is 1.51. The Kier molecular flexibility index (Phi) is 8.85. The molecule has 0 radical (unpaired) electrons. The Labute approximate surface area is 207 Å². The number of aryl methyl sites for hydroxylation is 1. The van der Waals surface area contributed by atoms with Gasteiger partial charge in [0.1, 0.15) is 0 Å². The number of methoxy groups -OCH3 is 1. The topological polar surface area (TPSA) is 45.7 Å². The van der Waals surface area contributed by atoms with E-state index < -0.39 is 0 Å². The number of likely N-dealkylation sites (tertiary alicyclic amines) is 1. The summed E-state index contributed by atoms with van der Waals surface area (Å²) in [6.45, 7) is 6.00. The molecule has 0 saturated carbocycles. The maximum atomic E-state index is 13.1. The summed E-state index contributed by atoms with van der Waals surface area (Å²) in [6, 6.07) is 19.3. The first-order chi connectivity index (χ1) is 16.7. The quantitative estimate of drug-likeness (QED) is 0.409. The summed E-state index contributed by atoms with van der Waals surface area (Å²) < 4.78 is 5.48. The molecule has 1 amide bonds. The fourth-order valence-corrected chi connectivity index (χ4v) is 5.83. The summed E-state index contributed by atoms with van der Waals surface area (Å²) in [4.78, 5) is 23.1. The van der Waals surface area contributed by atoms with E-state index >= 15 is 0 Å². The van der Waals surface area contributed by atoms with Gasteiger partial charge >= 0.3 is 0 Å². The molecule has 1 aliphatic heterocycles. The SMILES string of the molecule is COCCN(Cc1ccccn1)[C@H](Cc1ccccc1)C1CCN(C(=O)c2sccc2C)CC1. The van der Waals surface area contributed by atoms with Gasteiger partial charge in [0, 0.05) is 45.5 Å². The fourth-order valence-electron chi connectivity index (χ4n) is 4.94. The van der Waals surface area contributed by atoms with Gasteiger partial charge in [-0.25, -0.2) is 0 Å². The molecule has 0 spiro atoms. The molecular weight excluding hydrogens is 442 g/mol. The molecule has 34 heavy (non-hydrogen) atoms. The third-order valence-electron chi connectivity index (χ3n) is 6.86. The van der Waals surface area contributed by atoms with E-state index in [4.69, 9.17) is 4.74 Å². The smallest absolute Gasteiger partial charge is 0.264 e. The molecule has 1 saturated heterocycles. The molecule has 1 atom stereocenters. The second kappa shape index (κ2) is 12.2. The van der Waals surface area contributed by atoms with Crippen molar-refractivity contribution in [3.05, 3.63) is 87.9 Å². The van der Waals surface area contributed by atoms with Crippen molar-refractivity contribution >= 4 is 17.2 Å². The van der Waals surface area contributed by atoms with E-state index in [-0.39, 0.29) is 5.91 Å². The number of hydrogen-bond donors (Lipinski definition) is 0. The van der Waals surface area contributed by atoms with Crippen LogP contribution in [0.2, 0.25) is 0 Å². The van der Waals surface area contributed by atoms with Crippen LogP contribution in [0.5, 0.6) is 0 Å². The summed E-state index contributed by atoms with van der Waals surface area (Å²) in [5, 5.41) is 2.01. The highest BCUT2D eigenvalue weighted by molar-refractivity contribution is 7.12. The van der Waals surface area contributed by atoms with Crippen molar-refractivity contribution in [3.8, 4) is 0 Å². The third-order valence-corrected chi connectivity index (χ3v) is 7.86. The number of aromatic nitrogens is 1. The molecule has 0 aliphatic carbocycles. The van der Waals surface area contributed by atoms with Crippen LogP contribution >= 0.6 is 11.3 Å². The van der Waals surface area contributed by atoms with E-state index in [0.717, 1.165) is 61.6 Å². The number of carbonyl (C=O) groups excluding carboxylic acids is 1. The van der Waals surface area contributed by atoms with Crippen molar-refractivity contribution in [1.29, 1.82) is 0 Å². The van der Waals surface area contributed by atoms with Gasteiger partial charge in [-0.2, -0.15) is 0 Å². The van der Waals surface area contributed by atoms with E-state index in [9.17, 15) is 4.79 Å². The molecule has 1 aromatic carbocycles. The predicted molar refractivity (Wildman–Crippen MR) is 138 cm³/mol. The summed E-state index contributed by atoms with van der Waals surface area (Å²) in [6.07, 6.45) is 4.88.